The average molecular weight is 354 g/mol. The van der Waals surface area contributed by atoms with Gasteiger partial charge in [-0.05, 0) is 32.9 Å². The number of aliphatic hydroxyl groups excluding tert-OH is 1. The van der Waals surface area contributed by atoms with Crippen molar-refractivity contribution in [2.45, 2.75) is 33.4 Å². The normalized spacial score (nSPS) is 12.4. The Morgan fingerprint density at radius 3 is 2.67 bits per heavy atom. The topological polar surface area (TPSA) is 81.2 Å². The number of aliphatic hydroxyl groups is 1. The van der Waals surface area contributed by atoms with Gasteiger partial charge in [0.15, 0.2) is 0 Å². The predicted octanol–water partition coefficient (Wildman–Crippen LogP) is 3.27. The molecule has 1 atom stereocenters. The van der Waals surface area contributed by atoms with Gasteiger partial charge in [0.1, 0.15) is 0 Å². The maximum atomic E-state index is 11.1. The molecule has 0 saturated heterocycles. The molecule has 0 aliphatic heterocycles. The van der Waals surface area contributed by atoms with E-state index in [1.165, 1.54) is 6.07 Å². The van der Waals surface area contributed by atoms with Crippen LogP contribution in [0.1, 0.15) is 35.5 Å². The summed E-state index contributed by atoms with van der Waals surface area (Å²) in [5.74, 6) is 0. The fourth-order valence-electron chi connectivity index (χ4n) is 2.47. The van der Waals surface area contributed by atoms with Gasteiger partial charge in [-0.3, -0.25) is 14.8 Å². The van der Waals surface area contributed by atoms with Crippen LogP contribution in [0.25, 0.3) is 0 Å². The van der Waals surface area contributed by atoms with Gasteiger partial charge in [-0.25, -0.2) is 0 Å². The zero-order chi connectivity index (χ0) is 15.7. The minimum absolute atomic E-state index is 0.0514. The molecule has 112 valence electrons. The molecule has 0 aliphatic rings. The highest BCUT2D eigenvalue weighted by Gasteiger charge is 2.19. The maximum Gasteiger partial charge on any atom is 0.275 e. The Labute approximate surface area is 130 Å². The van der Waals surface area contributed by atoms with Crippen molar-refractivity contribution in [3.05, 3.63) is 55.3 Å². The third-order valence-electron chi connectivity index (χ3n) is 3.42. The molecule has 6 nitrogen and oxygen atoms in total. The van der Waals surface area contributed by atoms with E-state index in [4.69, 9.17) is 0 Å². The number of aromatic nitrogens is 2. The molecule has 21 heavy (non-hydrogen) atoms. The molecule has 1 aromatic carbocycles. The standard InChI is InChI=1S/C14H16BrN3O3/c1-8-14(10(3)19)9(2)17(16-8)7-11-4-5-12(15)6-13(11)18(20)21/h4-6,10,19H,7H2,1-3H3. The lowest BCUT2D eigenvalue weighted by atomic mass is 10.1. The monoisotopic (exact) mass is 353 g/mol. The van der Waals surface area contributed by atoms with Crippen molar-refractivity contribution in [3.8, 4) is 0 Å². The molecule has 2 rings (SSSR count). The van der Waals surface area contributed by atoms with Gasteiger partial charge in [-0.15, -0.1) is 0 Å². The van der Waals surface area contributed by atoms with Gasteiger partial charge in [0.05, 0.1) is 28.8 Å². The van der Waals surface area contributed by atoms with Crippen LogP contribution in [0.15, 0.2) is 22.7 Å². The minimum atomic E-state index is -0.612. The van der Waals surface area contributed by atoms with E-state index in [0.717, 1.165) is 17.0 Å². The summed E-state index contributed by atoms with van der Waals surface area (Å²) >= 11 is 3.24. The van der Waals surface area contributed by atoms with Crippen LogP contribution in [0, 0.1) is 24.0 Å². The zero-order valence-electron chi connectivity index (χ0n) is 12.0. The number of nitro benzene ring substituents is 1. The molecular formula is C14H16BrN3O3. The van der Waals surface area contributed by atoms with E-state index < -0.39 is 11.0 Å². The molecule has 0 saturated carbocycles. The zero-order valence-corrected chi connectivity index (χ0v) is 13.6. The van der Waals surface area contributed by atoms with Crippen molar-refractivity contribution in [1.29, 1.82) is 0 Å². The minimum Gasteiger partial charge on any atom is -0.389 e. The largest absolute Gasteiger partial charge is 0.389 e. The first-order chi connectivity index (χ1) is 9.81. The second kappa shape index (κ2) is 5.95. The highest BCUT2D eigenvalue weighted by molar-refractivity contribution is 9.10. The Morgan fingerprint density at radius 1 is 1.48 bits per heavy atom. The Morgan fingerprint density at radius 2 is 2.14 bits per heavy atom. The number of halogens is 1. The molecule has 7 heteroatoms. The van der Waals surface area contributed by atoms with Gasteiger partial charge >= 0.3 is 0 Å². The number of nitrogens with zero attached hydrogens (tertiary/aromatic N) is 3. The summed E-state index contributed by atoms with van der Waals surface area (Å²) in [7, 11) is 0. The molecule has 0 fully saturated rings. The van der Waals surface area contributed by atoms with E-state index in [-0.39, 0.29) is 5.69 Å². The van der Waals surface area contributed by atoms with Crippen LogP contribution >= 0.6 is 15.9 Å². The van der Waals surface area contributed by atoms with Gasteiger partial charge in [0, 0.05) is 21.8 Å². The van der Waals surface area contributed by atoms with Crippen molar-refractivity contribution in [3.63, 3.8) is 0 Å². The third kappa shape index (κ3) is 3.14. The Hall–Kier alpha value is -1.73. The number of nitro groups is 1. The fraction of sp³-hybridized carbons (Fsp3) is 0.357. The molecule has 1 heterocycles. The van der Waals surface area contributed by atoms with E-state index >= 15 is 0 Å². The molecule has 1 unspecified atom stereocenters. The van der Waals surface area contributed by atoms with Gasteiger partial charge in [-0.2, -0.15) is 5.10 Å². The maximum absolute atomic E-state index is 11.1. The summed E-state index contributed by atoms with van der Waals surface area (Å²) in [5, 5.41) is 25.3. The van der Waals surface area contributed by atoms with Gasteiger partial charge in [0.2, 0.25) is 0 Å². The Kier molecular flexibility index (Phi) is 4.43. The van der Waals surface area contributed by atoms with Crippen LogP contribution in [0.3, 0.4) is 0 Å². The molecule has 0 radical (unpaired) electrons. The summed E-state index contributed by atoms with van der Waals surface area (Å²) in [4.78, 5) is 10.7. The SMILES string of the molecule is Cc1nn(Cc2ccc(Br)cc2[N+](=O)[O-])c(C)c1C(C)O. The van der Waals surface area contributed by atoms with Crippen LogP contribution in [0.5, 0.6) is 0 Å². The van der Waals surface area contributed by atoms with Crippen molar-refractivity contribution in [2.24, 2.45) is 0 Å². The van der Waals surface area contributed by atoms with Crippen LogP contribution in [0.2, 0.25) is 0 Å². The molecule has 0 spiro atoms. The van der Waals surface area contributed by atoms with Crippen molar-refractivity contribution in [2.75, 3.05) is 0 Å². The van der Waals surface area contributed by atoms with Gasteiger partial charge < -0.3 is 5.11 Å². The van der Waals surface area contributed by atoms with E-state index in [9.17, 15) is 15.2 Å². The summed E-state index contributed by atoms with van der Waals surface area (Å²) in [5.41, 5.74) is 2.96. The van der Waals surface area contributed by atoms with Crippen molar-refractivity contribution >= 4 is 21.6 Å². The fourth-order valence-corrected chi connectivity index (χ4v) is 2.82. The molecule has 2 aromatic rings. The molecule has 1 N–H and O–H groups in total. The lowest BCUT2D eigenvalue weighted by Crippen LogP contribution is -2.07. The highest BCUT2D eigenvalue weighted by atomic mass is 79.9. The van der Waals surface area contributed by atoms with Gasteiger partial charge in [0.25, 0.3) is 5.69 Å². The second-order valence-electron chi connectivity index (χ2n) is 4.95. The third-order valence-corrected chi connectivity index (χ3v) is 3.91. The number of rotatable bonds is 4. The van der Waals surface area contributed by atoms with Crippen LogP contribution < -0.4 is 0 Å². The molecule has 1 aromatic heterocycles. The first kappa shape index (κ1) is 15.7. The number of aryl methyl sites for hydroxylation is 1. The first-order valence-electron chi connectivity index (χ1n) is 6.46. The quantitative estimate of drug-likeness (QED) is 0.675. The van der Waals surface area contributed by atoms with E-state index in [1.807, 2.05) is 13.8 Å². The second-order valence-corrected chi connectivity index (χ2v) is 5.86. The average Bonchev–Trinajstić information content (AvgIpc) is 2.66. The van der Waals surface area contributed by atoms with Crippen LogP contribution in [-0.2, 0) is 6.54 Å². The molecule has 0 aliphatic carbocycles. The van der Waals surface area contributed by atoms with E-state index in [1.54, 1.807) is 23.7 Å². The predicted molar refractivity (Wildman–Crippen MR) is 82.2 cm³/mol. The van der Waals surface area contributed by atoms with Gasteiger partial charge in [-0.1, -0.05) is 15.9 Å². The lowest BCUT2D eigenvalue weighted by Gasteiger charge is -2.08. The molecule has 0 bridgehead atoms. The van der Waals surface area contributed by atoms with E-state index in [2.05, 4.69) is 21.0 Å². The highest BCUT2D eigenvalue weighted by Crippen LogP contribution is 2.26. The smallest absolute Gasteiger partial charge is 0.275 e. The van der Waals surface area contributed by atoms with E-state index in [0.29, 0.717) is 16.6 Å². The Bertz CT molecular complexity index is 695. The van der Waals surface area contributed by atoms with Crippen molar-refractivity contribution in [1.82, 2.24) is 9.78 Å². The number of benzene rings is 1. The number of hydrogen-bond donors (Lipinski definition) is 1. The summed E-state index contributed by atoms with van der Waals surface area (Å²) in [6.07, 6.45) is -0.612. The van der Waals surface area contributed by atoms with Crippen molar-refractivity contribution < 1.29 is 10.0 Å². The first-order valence-corrected chi connectivity index (χ1v) is 7.25. The summed E-state index contributed by atoms with van der Waals surface area (Å²) in [6.45, 7) is 5.65. The molecule has 0 amide bonds. The number of hydrogen-bond acceptors (Lipinski definition) is 4. The lowest BCUT2D eigenvalue weighted by molar-refractivity contribution is -0.385. The summed E-state index contributed by atoms with van der Waals surface area (Å²) in [6, 6.07) is 4.96. The van der Waals surface area contributed by atoms with Crippen LogP contribution in [-0.4, -0.2) is 19.8 Å². The summed E-state index contributed by atoms with van der Waals surface area (Å²) < 4.78 is 2.35. The Balaban J connectivity index is 2.44. The molecular weight excluding hydrogens is 338 g/mol. The van der Waals surface area contributed by atoms with Crippen LogP contribution in [0.4, 0.5) is 5.69 Å².